The summed E-state index contributed by atoms with van der Waals surface area (Å²) in [6.07, 6.45) is 0.579. The van der Waals surface area contributed by atoms with Crippen molar-refractivity contribution < 1.29 is 18.0 Å². The molecule has 0 bridgehead atoms. The van der Waals surface area contributed by atoms with Gasteiger partial charge in [0.15, 0.2) is 5.82 Å². The van der Waals surface area contributed by atoms with Crippen molar-refractivity contribution in [1.29, 1.82) is 0 Å². The zero-order valence-corrected chi connectivity index (χ0v) is 14.5. The van der Waals surface area contributed by atoms with E-state index in [0.717, 1.165) is 11.6 Å². The highest BCUT2D eigenvalue weighted by molar-refractivity contribution is 5.76. The number of imidazole rings is 1. The largest absolute Gasteiger partial charge is 0.397 e. The highest BCUT2D eigenvalue weighted by atomic mass is 19.4. The number of carbonyl (C=O) groups excluding carboxylic acids is 1. The minimum Gasteiger partial charge on any atom is -0.342 e. The highest BCUT2D eigenvalue weighted by Crippen LogP contribution is 2.29. The van der Waals surface area contributed by atoms with Gasteiger partial charge >= 0.3 is 6.18 Å². The number of halogens is 3. The maximum atomic E-state index is 12.4. The van der Waals surface area contributed by atoms with Gasteiger partial charge in [-0.3, -0.25) is 4.79 Å². The molecule has 2 aromatic rings. The van der Waals surface area contributed by atoms with Crippen LogP contribution in [-0.2, 0) is 17.9 Å². The first-order valence-corrected chi connectivity index (χ1v) is 8.59. The second kappa shape index (κ2) is 7.46. The van der Waals surface area contributed by atoms with E-state index in [-0.39, 0.29) is 5.92 Å². The van der Waals surface area contributed by atoms with E-state index in [1.807, 2.05) is 22.3 Å². The monoisotopic (exact) mass is 370 g/mol. The van der Waals surface area contributed by atoms with Crippen molar-refractivity contribution in [3.05, 3.63) is 30.4 Å². The van der Waals surface area contributed by atoms with Gasteiger partial charge in [-0.2, -0.15) is 13.2 Å². The van der Waals surface area contributed by atoms with Crippen molar-refractivity contribution in [2.75, 3.05) is 13.1 Å². The lowest BCUT2D eigenvalue weighted by molar-refractivity contribution is -0.162. The van der Waals surface area contributed by atoms with Gasteiger partial charge in [0.25, 0.3) is 0 Å². The van der Waals surface area contributed by atoms with Crippen LogP contribution >= 0.6 is 0 Å². The number of hydrogen-bond acceptors (Lipinski definition) is 4. The van der Waals surface area contributed by atoms with E-state index in [2.05, 4.69) is 15.2 Å². The Labute approximate surface area is 148 Å². The number of hydrogen-bond donors (Lipinski definition) is 0. The molecule has 1 aliphatic heterocycles. The minimum atomic E-state index is -4.46. The Morgan fingerprint density at radius 1 is 1.27 bits per heavy atom. The Hall–Kier alpha value is -2.39. The molecule has 0 saturated carbocycles. The highest BCUT2D eigenvalue weighted by Gasteiger charge is 2.35. The SMILES string of the molecule is CCn1c(Cn2ccnc2)nnc1C1CCN(C(=O)CC(F)(F)F)CC1. The van der Waals surface area contributed by atoms with Crippen molar-refractivity contribution in [2.45, 2.75) is 51.4 Å². The molecule has 142 valence electrons. The smallest absolute Gasteiger partial charge is 0.342 e. The first-order chi connectivity index (χ1) is 12.4. The maximum Gasteiger partial charge on any atom is 0.397 e. The number of likely N-dealkylation sites (tertiary alicyclic amines) is 1. The molecule has 26 heavy (non-hydrogen) atoms. The van der Waals surface area contributed by atoms with Gasteiger partial charge < -0.3 is 14.0 Å². The van der Waals surface area contributed by atoms with Crippen LogP contribution in [0.1, 0.15) is 43.8 Å². The van der Waals surface area contributed by atoms with Crippen LogP contribution in [0.4, 0.5) is 13.2 Å². The lowest BCUT2D eigenvalue weighted by Gasteiger charge is -2.32. The standard InChI is InChI=1S/C16H21F3N6O/c1-2-25-13(10-23-8-5-20-11-23)21-22-15(25)12-3-6-24(7-4-12)14(26)9-16(17,18)19/h5,8,11-12H,2-4,6-7,9-10H2,1H3. The van der Waals surface area contributed by atoms with Gasteiger partial charge in [0, 0.05) is 37.9 Å². The van der Waals surface area contributed by atoms with Crippen molar-refractivity contribution >= 4 is 5.91 Å². The van der Waals surface area contributed by atoms with Crippen LogP contribution in [-0.4, -0.2) is 54.4 Å². The number of alkyl halides is 3. The predicted molar refractivity (Wildman–Crippen MR) is 86.3 cm³/mol. The molecule has 1 fully saturated rings. The fourth-order valence-corrected chi connectivity index (χ4v) is 3.33. The minimum absolute atomic E-state index is 0.0916. The van der Waals surface area contributed by atoms with Gasteiger partial charge in [-0.15, -0.1) is 10.2 Å². The zero-order chi connectivity index (χ0) is 18.7. The van der Waals surface area contributed by atoms with Crippen LogP contribution in [0.2, 0.25) is 0 Å². The van der Waals surface area contributed by atoms with Gasteiger partial charge in [-0.1, -0.05) is 0 Å². The van der Waals surface area contributed by atoms with E-state index in [4.69, 9.17) is 0 Å². The van der Waals surface area contributed by atoms with Gasteiger partial charge in [-0.25, -0.2) is 4.98 Å². The van der Waals surface area contributed by atoms with Crippen molar-refractivity contribution in [1.82, 2.24) is 29.2 Å². The normalized spacial score (nSPS) is 16.2. The molecular weight excluding hydrogens is 349 g/mol. The molecule has 0 aliphatic carbocycles. The summed E-state index contributed by atoms with van der Waals surface area (Å²) < 4.78 is 41.1. The summed E-state index contributed by atoms with van der Waals surface area (Å²) in [6.45, 7) is 3.90. The molecule has 0 N–H and O–H groups in total. The number of carbonyl (C=O) groups is 1. The van der Waals surface area contributed by atoms with Gasteiger partial charge in [0.2, 0.25) is 5.91 Å². The van der Waals surface area contributed by atoms with E-state index in [0.29, 0.717) is 39.0 Å². The molecule has 7 nitrogen and oxygen atoms in total. The number of aromatic nitrogens is 5. The number of rotatable bonds is 5. The fraction of sp³-hybridized carbons (Fsp3) is 0.625. The van der Waals surface area contributed by atoms with E-state index < -0.39 is 18.5 Å². The van der Waals surface area contributed by atoms with Crippen molar-refractivity contribution in [3.63, 3.8) is 0 Å². The summed E-state index contributed by atoms with van der Waals surface area (Å²) in [5.41, 5.74) is 0. The fourth-order valence-electron chi connectivity index (χ4n) is 3.33. The topological polar surface area (TPSA) is 68.8 Å². The molecule has 10 heteroatoms. The first kappa shape index (κ1) is 18.4. The quantitative estimate of drug-likeness (QED) is 0.809. The lowest BCUT2D eigenvalue weighted by Crippen LogP contribution is -2.40. The number of amides is 1. The van der Waals surface area contributed by atoms with E-state index in [1.165, 1.54) is 4.90 Å². The third-order valence-corrected chi connectivity index (χ3v) is 4.62. The lowest BCUT2D eigenvalue weighted by atomic mass is 9.95. The molecule has 3 heterocycles. The molecule has 1 saturated heterocycles. The zero-order valence-electron chi connectivity index (χ0n) is 14.5. The van der Waals surface area contributed by atoms with Crippen molar-refractivity contribution in [3.8, 4) is 0 Å². The second-order valence-corrected chi connectivity index (χ2v) is 6.40. The average Bonchev–Trinajstić information content (AvgIpc) is 3.23. The molecule has 1 amide bonds. The maximum absolute atomic E-state index is 12.4. The number of piperidine rings is 1. The Bertz CT molecular complexity index is 732. The summed E-state index contributed by atoms with van der Waals surface area (Å²) in [6, 6.07) is 0. The van der Waals surface area contributed by atoms with Crippen LogP contribution < -0.4 is 0 Å². The van der Waals surface area contributed by atoms with Gasteiger partial charge in [-0.05, 0) is 19.8 Å². The summed E-state index contributed by atoms with van der Waals surface area (Å²) in [5, 5.41) is 8.59. The van der Waals surface area contributed by atoms with E-state index in [1.54, 1.807) is 12.5 Å². The second-order valence-electron chi connectivity index (χ2n) is 6.40. The molecule has 0 aromatic carbocycles. The molecule has 0 atom stereocenters. The predicted octanol–water partition coefficient (Wildman–Crippen LogP) is 2.20. The summed E-state index contributed by atoms with van der Waals surface area (Å²) in [7, 11) is 0. The summed E-state index contributed by atoms with van der Waals surface area (Å²) in [4.78, 5) is 17.0. The third-order valence-electron chi connectivity index (χ3n) is 4.62. The van der Waals surface area contributed by atoms with Crippen molar-refractivity contribution in [2.24, 2.45) is 0 Å². The first-order valence-electron chi connectivity index (χ1n) is 8.59. The molecule has 3 rings (SSSR count). The van der Waals surface area contributed by atoms with Gasteiger partial charge in [0.1, 0.15) is 12.2 Å². The van der Waals surface area contributed by atoms with Crippen LogP contribution in [0, 0.1) is 0 Å². The molecule has 0 radical (unpaired) electrons. The van der Waals surface area contributed by atoms with Crippen LogP contribution in [0.15, 0.2) is 18.7 Å². The summed E-state index contributed by atoms with van der Waals surface area (Å²) in [5.74, 6) is 0.893. The molecule has 0 unspecified atom stereocenters. The number of nitrogens with zero attached hydrogens (tertiary/aromatic N) is 6. The van der Waals surface area contributed by atoms with E-state index in [9.17, 15) is 18.0 Å². The van der Waals surface area contributed by atoms with Crippen LogP contribution in [0.3, 0.4) is 0 Å². The molecule has 2 aromatic heterocycles. The van der Waals surface area contributed by atoms with Crippen LogP contribution in [0.5, 0.6) is 0 Å². The molecule has 1 aliphatic rings. The summed E-state index contributed by atoms with van der Waals surface area (Å²) >= 11 is 0. The average molecular weight is 370 g/mol. The Morgan fingerprint density at radius 2 is 2.00 bits per heavy atom. The Morgan fingerprint density at radius 3 is 2.58 bits per heavy atom. The molecular formula is C16H21F3N6O. The molecule has 0 spiro atoms. The third kappa shape index (κ3) is 4.23. The van der Waals surface area contributed by atoms with Crippen LogP contribution in [0.25, 0.3) is 0 Å². The van der Waals surface area contributed by atoms with Gasteiger partial charge in [0.05, 0.1) is 12.9 Å². The Balaban J connectivity index is 1.64. The Kier molecular flexibility index (Phi) is 5.28. The van der Waals surface area contributed by atoms with E-state index >= 15 is 0 Å².